The van der Waals surface area contributed by atoms with Crippen LogP contribution < -0.4 is 19.6 Å². The van der Waals surface area contributed by atoms with E-state index in [2.05, 4.69) is 26.5 Å². The second-order valence-electron chi connectivity index (χ2n) is 6.01. The third-order valence-corrected chi connectivity index (χ3v) is 4.59. The van der Waals surface area contributed by atoms with E-state index in [0.717, 1.165) is 20.8 Å². The molecule has 0 spiro atoms. The van der Waals surface area contributed by atoms with Gasteiger partial charge in [0.1, 0.15) is 5.75 Å². The van der Waals surface area contributed by atoms with Crippen LogP contribution >= 0.6 is 15.9 Å². The molecular weight excluding hydrogens is 436 g/mol. The molecule has 0 saturated carbocycles. The van der Waals surface area contributed by atoms with Crippen LogP contribution in [0.15, 0.2) is 64.2 Å². The van der Waals surface area contributed by atoms with Gasteiger partial charge in [-0.15, -0.1) is 0 Å². The Morgan fingerprint density at radius 2 is 1.86 bits per heavy atom. The topological polar surface area (TPSA) is 69.2 Å². The van der Waals surface area contributed by atoms with Crippen molar-refractivity contribution in [2.24, 2.45) is 5.10 Å². The van der Waals surface area contributed by atoms with Gasteiger partial charge in [-0.1, -0.05) is 46.3 Å². The average molecular weight is 457 g/mol. The molecule has 0 atom stereocenters. The van der Waals surface area contributed by atoms with Gasteiger partial charge in [-0.25, -0.2) is 5.43 Å². The van der Waals surface area contributed by atoms with Gasteiger partial charge in [0.2, 0.25) is 0 Å². The zero-order chi connectivity index (χ0) is 20.6. The molecule has 3 rings (SSSR count). The summed E-state index contributed by atoms with van der Waals surface area (Å²) in [4.78, 5) is 12.1. The van der Waals surface area contributed by atoms with Crippen LogP contribution in [0, 0.1) is 0 Å². The van der Waals surface area contributed by atoms with Crippen LogP contribution in [0.2, 0.25) is 0 Å². The Morgan fingerprint density at radius 1 is 1.07 bits per heavy atom. The van der Waals surface area contributed by atoms with Crippen LogP contribution in [0.25, 0.3) is 10.8 Å². The Balaban J connectivity index is 1.68. The largest absolute Gasteiger partial charge is 0.493 e. The summed E-state index contributed by atoms with van der Waals surface area (Å²) in [6, 6.07) is 17.1. The van der Waals surface area contributed by atoms with Gasteiger partial charge in [-0.3, -0.25) is 4.79 Å². The van der Waals surface area contributed by atoms with E-state index in [9.17, 15) is 4.79 Å². The molecule has 0 aliphatic carbocycles. The summed E-state index contributed by atoms with van der Waals surface area (Å²) in [6.45, 7) is 2.27. The molecule has 0 unspecified atom stereocenters. The number of hydrazone groups is 1. The summed E-state index contributed by atoms with van der Waals surface area (Å²) in [5.41, 5.74) is 3.29. The van der Waals surface area contributed by atoms with Crippen LogP contribution in [-0.4, -0.2) is 32.4 Å². The Hall–Kier alpha value is -3.06. The zero-order valence-electron chi connectivity index (χ0n) is 16.1. The van der Waals surface area contributed by atoms with E-state index in [1.54, 1.807) is 25.5 Å². The van der Waals surface area contributed by atoms with Crippen LogP contribution in [0.4, 0.5) is 0 Å². The van der Waals surface area contributed by atoms with Crippen molar-refractivity contribution in [3.8, 4) is 17.2 Å². The monoisotopic (exact) mass is 456 g/mol. The molecule has 29 heavy (non-hydrogen) atoms. The third kappa shape index (κ3) is 5.26. The minimum Gasteiger partial charge on any atom is -0.493 e. The molecule has 0 bridgehead atoms. The van der Waals surface area contributed by atoms with Crippen molar-refractivity contribution < 1.29 is 19.0 Å². The molecule has 0 radical (unpaired) electrons. The molecule has 6 nitrogen and oxygen atoms in total. The molecular formula is C22H21BrN2O4. The summed E-state index contributed by atoms with van der Waals surface area (Å²) < 4.78 is 17.3. The van der Waals surface area contributed by atoms with Gasteiger partial charge in [0.15, 0.2) is 18.1 Å². The highest BCUT2D eigenvalue weighted by atomic mass is 79.9. The predicted molar refractivity (Wildman–Crippen MR) is 117 cm³/mol. The third-order valence-electron chi connectivity index (χ3n) is 4.10. The van der Waals surface area contributed by atoms with Gasteiger partial charge in [-0.05, 0) is 42.0 Å². The number of methoxy groups -OCH3 is 1. The number of benzene rings is 3. The number of halogens is 1. The SMILES string of the molecule is CCOc1ccc2ccccc2c1/C=N/NC(=O)COc1ccc(Br)cc1OC. The normalized spacial score (nSPS) is 10.9. The molecule has 0 fully saturated rings. The fourth-order valence-corrected chi connectivity index (χ4v) is 3.14. The molecule has 0 aromatic heterocycles. The van der Waals surface area contributed by atoms with Gasteiger partial charge in [-0.2, -0.15) is 5.10 Å². The van der Waals surface area contributed by atoms with Crippen LogP contribution in [-0.2, 0) is 4.79 Å². The summed E-state index contributed by atoms with van der Waals surface area (Å²) in [6.07, 6.45) is 1.59. The second kappa shape index (κ2) is 9.93. The van der Waals surface area contributed by atoms with Crippen molar-refractivity contribution in [1.82, 2.24) is 5.43 Å². The van der Waals surface area contributed by atoms with Crippen molar-refractivity contribution in [1.29, 1.82) is 0 Å². The first-order valence-corrected chi connectivity index (χ1v) is 9.84. The highest BCUT2D eigenvalue weighted by molar-refractivity contribution is 9.10. The number of carbonyl (C=O) groups is 1. The Morgan fingerprint density at radius 3 is 2.66 bits per heavy atom. The summed E-state index contributed by atoms with van der Waals surface area (Å²) in [5.74, 6) is 1.33. The smallest absolute Gasteiger partial charge is 0.277 e. The minimum atomic E-state index is -0.385. The number of nitrogens with one attached hydrogen (secondary N) is 1. The number of rotatable bonds is 8. The average Bonchev–Trinajstić information content (AvgIpc) is 2.74. The maximum atomic E-state index is 12.1. The molecule has 3 aromatic carbocycles. The number of carbonyl (C=O) groups excluding carboxylic acids is 1. The first-order chi connectivity index (χ1) is 14.1. The molecule has 1 amide bonds. The Bertz CT molecular complexity index is 1040. The molecule has 150 valence electrons. The van der Waals surface area contributed by atoms with E-state index in [1.807, 2.05) is 49.4 Å². The molecule has 7 heteroatoms. The first kappa shape index (κ1) is 20.7. The highest BCUT2D eigenvalue weighted by Crippen LogP contribution is 2.30. The van der Waals surface area contributed by atoms with Crippen LogP contribution in [0.1, 0.15) is 12.5 Å². The number of ether oxygens (including phenoxy) is 3. The van der Waals surface area contributed by atoms with Crippen molar-refractivity contribution in [3.05, 3.63) is 64.6 Å². The van der Waals surface area contributed by atoms with E-state index >= 15 is 0 Å². The fourth-order valence-electron chi connectivity index (χ4n) is 2.80. The van der Waals surface area contributed by atoms with Crippen molar-refractivity contribution in [3.63, 3.8) is 0 Å². The molecule has 0 heterocycles. The standard InChI is InChI=1S/C22H21BrN2O4/c1-3-28-19-10-8-15-6-4-5-7-17(15)18(19)13-24-25-22(26)14-29-20-11-9-16(23)12-21(20)27-2/h4-13H,3,14H2,1-2H3,(H,25,26)/b24-13+. The fraction of sp³-hybridized carbons (Fsp3) is 0.182. The maximum Gasteiger partial charge on any atom is 0.277 e. The molecule has 0 aliphatic heterocycles. The van der Waals surface area contributed by atoms with Gasteiger partial charge in [0.05, 0.1) is 19.9 Å². The van der Waals surface area contributed by atoms with Crippen molar-refractivity contribution in [2.45, 2.75) is 6.92 Å². The van der Waals surface area contributed by atoms with Gasteiger partial charge in [0.25, 0.3) is 5.91 Å². The first-order valence-electron chi connectivity index (χ1n) is 9.05. The van der Waals surface area contributed by atoms with E-state index in [4.69, 9.17) is 14.2 Å². The Kier molecular flexibility index (Phi) is 7.08. The number of hydrogen-bond donors (Lipinski definition) is 1. The van der Waals surface area contributed by atoms with E-state index < -0.39 is 0 Å². The lowest BCUT2D eigenvalue weighted by molar-refractivity contribution is -0.123. The number of amides is 1. The van der Waals surface area contributed by atoms with Crippen LogP contribution in [0.5, 0.6) is 17.2 Å². The molecule has 1 N–H and O–H groups in total. The molecule has 3 aromatic rings. The summed E-state index contributed by atoms with van der Waals surface area (Å²) in [5, 5.41) is 6.14. The Labute approximate surface area is 177 Å². The number of nitrogens with zero attached hydrogens (tertiary/aromatic N) is 1. The number of hydrogen-bond acceptors (Lipinski definition) is 5. The second-order valence-corrected chi connectivity index (χ2v) is 6.92. The van der Waals surface area contributed by atoms with E-state index in [0.29, 0.717) is 23.9 Å². The van der Waals surface area contributed by atoms with Crippen molar-refractivity contribution in [2.75, 3.05) is 20.3 Å². The highest BCUT2D eigenvalue weighted by Gasteiger charge is 2.09. The maximum absolute atomic E-state index is 12.1. The predicted octanol–water partition coefficient (Wildman–Crippen LogP) is 4.54. The molecule has 0 saturated heterocycles. The van der Waals surface area contributed by atoms with E-state index in [-0.39, 0.29) is 12.5 Å². The quantitative estimate of drug-likeness (QED) is 0.399. The lowest BCUT2D eigenvalue weighted by atomic mass is 10.0. The zero-order valence-corrected chi connectivity index (χ0v) is 17.7. The minimum absolute atomic E-state index is 0.191. The lowest BCUT2D eigenvalue weighted by Gasteiger charge is -2.11. The van der Waals surface area contributed by atoms with Gasteiger partial charge >= 0.3 is 0 Å². The summed E-state index contributed by atoms with van der Waals surface area (Å²) in [7, 11) is 1.54. The lowest BCUT2D eigenvalue weighted by Crippen LogP contribution is -2.24. The van der Waals surface area contributed by atoms with Crippen LogP contribution in [0.3, 0.4) is 0 Å². The van der Waals surface area contributed by atoms with Gasteiger partial charge in [0, 0.05) is 10.0 Å². The number of fused-ring (bicyclic) bond motifs is 1. The van der Waals surface area contributed by atoms with E-state index in [1.165, 1.54) is 0 Å². The summed E-state index contributed by atoms with van der Waals surface area (Å²) >= 11 is 3.36. The molecule has 0 aliphatic rings. The van der Waals surface area contributed by atoms with Gasteiger partial charge < -0.3 is 14.2 Å². The van der Waals surface area contributed by atoms with Crippen molar-refractivity contribution >= 4 is 38.8 Å².